The fraction of sp³-hybridized carbons (Fsp3) is 0.455. The smallest absolute Gasteiger partial charge is 0.433 e. The van der Waals surface area contributed by atoms with Crippen molar-refractivity contribution in [2.75, 3.05) is 29.5 Å². The van der Waals surface area contributed by atoms with Crippen molar-refractivity contribution >= 4 is 23.5 Å². The maximum atomic E-state index is 12.7. The third kappa shape index (κ3) is 3.31. The lowest BCUT2D eigenvalue weighted by Crippen LogP contribution is -2.33. The molecule has 0 aliphatic carbocycles. The zero-order valence-corrected chi connectivity index (χ0v) is 10.6. The lowest BCUT2D eigenvalue weighted by molar-refractivity contribution is -0.141. The van der Waals surface area contributed by atoms with Crippen LogP contribution in [0.25, 0.3) is 0 Å². The molecule has 1 aromatic heterocycles. The molecule has 0 atom stereocenters. The van der Waals surface area contributed by atoms with Gasteiger partial charge in [-0.1, -0.05) is 0 Å². The van der Waals surface area contributed by atoms with Crippen molar-refractivity contribution in [3.05, 3.63) is 23.4 Å². The number of hydrogen-bond acceptors (Lipinski definition) is 4. The van der Waals surface area contributed by atoms with Crippen molar-refractivity contribution in [1.29, 1.82) is 0 Å². The summed E-state index contributed by atoms with van der Waals surface area (Å²) in [6.07, 6.45) is -4.65. The van der Waals surface area contributed by atoms with E-state index in [1.807, 2.05) is 0 Å². The quantitative estimate of drug-likeness (QED) is 0.907. The molecule has 0 amide bonds. The van der Waals surface area contributed by atoms with Gasteiger partial charge in [0.25, 0.3) is 0 Å². The molecule has 0 saturated carbocycles. The van der Waals surface area contributed by atoms with Gasteiger partial charge in [0.1, 0.15) is 11.5 Å². The van der Waals surface area contributed by atoms with Crippen molar-refractivity contribution in [2.24, 2.45) is 0 Å². The monoisotopic (exact) mass is 292 g/mol. The van der Waals surface area contributed by atoms with Crippen molar-refractivity contribution in [3.8, 4) is 0 Å². The molecule has 8 heteroatoms. The highest BCUT2D eigenvalue weighted by molar-refractivity contribution is 7.99. The number of carbonyl (C=O) groups is 1. The number of pyridine rings is 1. The van der Waals surface area contributed by atoms with Gasteiger partial charge >= 0.3 is 12.1 Å². The molecule has 19 heavy (non-hydrogen) atoms. The Morgan fingerprint density at radius 3 is 2.47 bits per heavy atom. The molecule has 1 aliphatic heterocycles. The summed E-state index contributed by atoms with van der Waals surface area (Å²) in [5, 5.41) is 8.88. The third-order valence-corrected chi connectivity index (χ3v) is 3.63. The summed E-state index contributed by atoms with van der Waals surface area (Å²) in [5.41, 5.74) is -1.56. The highest BCUT2D eigenvalue weighted by Gasteiger charge is 2.34. The summed E-state index contributed by atoms with van der Waals surface area (Å²) in [6, 6.07) is 1.75. The molecule has 0 aromatic carbocycles. The minimum Gasteiger partial charge on any atom is -0.478 e. The number of alkyl halides is 3. The van der Waals surface area contributed by atoms with Gasteiger partial charge in [-0.2, -0.15) is 24.9 Å². The maximum Gasteiger partial charge on any atom is 0.433 e. The van der Waals surface area contributed by atoms with Gasteiger partial charge in [-0.25, -0.2) is 9.78 Å². The van der Waals surface area contributed by atoms with Crippen LogP contribution in [0, 0.1) is 0 Å². The fourth-order valence-corrected chi connectivity index (χ4v) is 2.64. The van der Waals surface area contributed by atoms with Crippen LogP contribution >= 0.6 is 11.8 Å². The Labute approximate surface area is 111 Å². The van der Waals surface area contributed by atoms with E-state index in [4.69, 9.17) is 5.11 Å². The molecule has 0 bridgehead atoms. The molecule has 0 unspecified atom stereocenters. The van der Waals surface area contributed by atoms with Crippen LogP contribution in [0.15, 0.2) is 12.1 Å². The highest BCUT2D eigenvalue weighted by atomic mass is 32.2. The molecule has 0 radical (unpaired) electrons. The number of nitrogens with zero attached hydrogens (tertiary/aromatic N) is 2. The second kappa shape index (κ2) is 5.28. The second-order valence-electron chi connectivity index (χ2n) is 4.00. The van der Waals surface area contributed by atoms with Crippen molar-refractivity contribution in [3.63, 3.8) is 0 Å². The minimum atomic E-state index is -4.65. The standard InChI is InChI=1S/C11H11F3N2O2S/c12-11(13,14)8-5-7(10(17)18)6-9(15-8)16-1-3-19-4-2-16/h5-6H,1-4H2,(H,17,18). The lowest BCUT2D eigenvalue weighted by Gasteiger charge is -2.28. The Morgan fingerprint density at radius 2 is 1.95 bits per heavy atom. The number of aromatic nitrogens is 1. The second-order valence-corrected chi connectivity index (χ2v) is 5.23. The highest BCUT2D eigenvalue weighted by Crippen LogP contribution is 2.30. The van der Waals surface area contributed by atoms with Gasteiger partial charge in [-0.05, 0) is 12.1 Å². The zero-order chi connectivity index (χ0) is 14.0. The first kappa shape index (κ1) is 14.0. The molecule has 0 spiro atoms. The minimum absolute atomic E-state index is 0.0764. The SMILES string of the molecule is O=C(O)c1cc(N2CCSCC2)nc(C(F)(F)F)c1. The molecular formula is C11H11F3N2O2S. The van der Waals surface area contributed by atoms with E-state index < -0.39 is 23.4 Å². The fourth-order valence-electron chi connectivity index (χ4n) is 1.74. The van der Waals surface area contributed by atoms with Crippen molar-refractivity contribution < 1.29 is 23.1 Å². The molecule has 1 aliphatic rings. The van der Waals surface area contributed by atoms with Crippen LogP contribution in [0.5, 0.6) is 0 Å². The van der Waals surface area contributed by atoms with Crippen LogP contribution in [0.3, 0.4) is 0 Å². The van der Waals surface area contributed by atoms with E-state index in [9.17, 15) is 18.0 Å². The molecule has 1 N–H and O–H groups in total. The summed E-state index contributed by atoms with van der Waals surface area (Å²) in [6.45, 7) is 1.13. The normalized spacial score (nSPS) is 16.5. The first-order valence-corrected chi connectivity index (χ1v) is 6.68. The molecule has 1 saturated heterocycles. The Balaban J connectivity index is 2.41. The maximum absolute atomic E-state index is 12.7. The number of carboxylic acid groups (broad SMARTS) is 1. The van der Waals surface area contributed by atoms with Crippen molar-refractivity contribution in [2.45, 2.75) is 6.18 Å². The van der Waals surface area contributed by atoms with Gasteiger partial charge in [0, 0.05) is 24.6 Å². The van der Waals surface area contributed by atoms with E-state index >= 15 is 0 Å². The first-order chi connectivity index (χ1) is 8.88. The topological polar surface area (TPSA) is 53.4 Å². The average Bonchev–Trinajstić information content (AvgIpc) is 2.38. The van der Waals surface area contributed by atoms with Gasteiger partial charge < -0.3 is 10.0 Å². The Morgan fingerprint density at radius 1 is 1.32 bits per heavy atom. The number of aromatic carboxylic acids is 1. The van der Waals surface area contributed by atoms with Gasteiger partial charge in [-0.3, -0.25) is 0 Å². The van der Waals surface area contributed by atoms with Gasteiger partial charge in [0.05, 0.1) is 5.56 Å². The number of carboxylic acids is 1. The summed E-state index contributed by atoms with van der Waals surface area (Å²) < 4.78 is 38.1. The first-order valence-electron chi connectivity index (χ1n) is 5.53. The lowest BCUT2D eigenvalue weighted by atomic mass is 10.2. The van der Waals surface area contributed by atoms with Crippen LogP contribution in [0.4, 0.5) is 19.0 Å². The largest absolute Gasteiger partial charge is 0.478 e. The predicted molar refractivity (Wildman–Crippen MR) is 65.7 cm³/mol. The van der Waals surface area contributed by atoms with Crippen LogP contribution in [0.1, 0.15) is 16.1 Å². The molecule has 1 aromatic rings. The van der Waals surface area contributed by atoms with Crippen LogP contribution in [-0.4, -0.2) is 40.7 Å². The number of anilines is 1. The Bertz CT molecular complexity index is 487. The van der Waals surface area contributed by atoms with E-state index in [-0.39, 0.29) is 5.82 Å². The van der Waals surface area contributed by atoms with Crippen LogP contribution < -0.4 is 4.90 Å². The number of thioether (sulfide) groups is 1. The van der Waals surface area contributed by atoms with Crippen LogP contribution in [0.2, 0.25) is 0 Å². The zero-order valence-electron chi connectivity index (χ0n) is 9.78. The van der Waals surface area contributed by atoms with E-state index in [0.29, 0.717) is 19.2 Å². The number of rotatable bonds is 2. The van der Waals surface area contributed by atoms with Crippen LogP contribution in [-0.2, 0) is 6.18 Å². The van der Waals surface area contributed by atoms with Gasteiger partial charge in [0.15, 0.2) is 0 Å². The third-order valence-electron chi connectivity index (χ3n) is 2.68. The molecule has 1 fully saturated rings. The number of hydrogen-bond donors (Lipinski definition) is 1. The van der Waals surface area contributed by atoms with E-state index in [1.54, 1.807) is 16.7 Å². The van der Waals surface area contributed by atoms with Crippen molar-refractivity contribution in [1.82, 2.24) is 4.98 Å². The summed E-state index contributed by atoms with van der Waals surface area (Å²) in [4.78, 5) is 16.1. The molecular weight excluding hydrogens is 281 g/mol. The van der Waals surface area contributed by atoms with E-state index in [0.717, 1.165) is 11.5 Å². The van der Waals surface area contributed by atoms with E-state index in [1.165, 1.54) is 6.07 Å². The summed E-state index contributed by atoms with van der Waals surface area (Å²) in [5.74, 6) is 0.272. The molecule has 2 heterocycles. The Hall–Kier alpha value is -1.44. The Kier molecular flexibility index (Phi) is 3.88. The number of halogens is 3. The van der Waals surface area contributed by atoms with Gasteiger partial charge in [-0.15, -0.1) is 0 Å². The molecule has 104 valence electrons. The average molecular weight is 292 g/mol. The summed E-state index contributed by atoms with van der Waals surface area (Å²) in [7, 11) is 0. The molecule has 2 rings (SSSR count). The van der Waals surface area contributed by atoms with Gasteiger partial charge in [0.2, 0.25) is 0 Å². The summed E-state index contributed by atoms with van der Waals surface area (Å²) >= 11 is 1.71. The predicted octanol–water partition coefficient (Wildman–Crippen LogP) is 2.35. The molecule has 4 nitrogen and oxygen atoms in total. The van der Waals surface area contributed by atoms with E-state index in [2.05, 4.69) is 4.98 Å².